The van der Waals surface area contributed by atoms with E-state index in [1.165, 1.54) is 6.20 Å². The van der Waals surface area contributed by atoms with Gasteiger partial charge in [-0.25, -0.2) is 4.98 Å². The van der Waals surface area contributed by atoms with Crippen LogP contribution in [0.5, 0.6) is 0 Å². The van der Waals surface area contributed by atoms with Crippen LogP contribution in [0.25, 0.3) is 22.2 Å². The van der Waals surface area contributed by atoms with Crippen molar-refractivity contribution in [1.29, 1.82) is 0 Å². The van der Waals surface area contributed by atoms with E-state index in [-0.39, 0.29) is 42.9 Å². The molecule has 1 fully saturated rings. The Morgan fingerprint density at radius 3 is 2.35 bits per heavy atom. The summed E-state index contributed by atoms with van der Waals surface area (Å²) >= 11 is 1.67. The first-order chi connectivity index (χ1) is 22.5. The zero-order chi connectivity index (χ0) is 31.9. The molecule has 1 aliphatic heterocycles. The van der Waals surface area contributed by atoms with Crippen LogP contribution in [-0.4, -0.2) is 50.3 Å². The average molecular weight is 636 g/mol. The highest BCUT2D eigenvalue weighted by molar-refractivity contribution is 7.99. The van der Waals surface area contributed by atoms with Gasteiger partial charge in [-0.15, -0.1) is 0 Å². The predicted octanol–water partition coefficient (Wildman–Crippen LogP) is 6.24. The molecule has 236 valence electrons. The number of rotatable bonds is 11. The first-order valence-electron chi connectivity index (χ1n) is 15.4. The second-order valence-electron chi connectivity index (χ2n) is 11.3. The number of hydrogen-bond acceptors (Lipinski definition) is 8. The summed E-state index contributed by atoms with van der Waals surface area (Å²) in [5.74, 6) is 1.20. The van der Waals surface area contributed by atoms with Crippen molar-refractivity contribution >= 4 is 28.7 Å². The Morgan fingerprint density at radius 1 is 0.870 bits per heavy atom. The maximum atomic E-state index is 13.0. The second-order valence-corrected chi connectivity index (χ2v) is 12.5. The van der Waals surface area contributed by atoms with Crippen molar-refractivity contribution in [2.75, 3.05) is 18.1 Å². The molecule has 0 spiro atoms. The molecule has 0 radical (unpaired) electrons. The number of nitrogens with one attached hydrogen (secondary N) is 1. The quantitative estimate of drug-likeness (QED) is 0.146. The molecule has 5 aromatic rings. The number of ether oxygens (including phenoxy) is 2. The molecule has 1 amide bonds. The largest absolute Gasteiger partial charge is 0.396 e. The van der Waals surface area contributed by atoms with Crippen LogP contribution >= 0.6 is 11.8 Å². The average Bonchev–Trinajstić information content (AvgIpc) is 3.11. The van der Waals surface area contributed by atoms with Gasteiger partial charge in [0.25, 0.3) is 5.91 Å². The van der Waals surface area contributed by atoms with Gasteiger partial charge >= 0.3 is 0 Å². The van der Waals surface area contributed by atoms with E-state index in [2.05, 4.69) is 34.3 Å². The third-order valence-corrected chi connectivity index (χ3v) is 9.31. The number of carbonyl (C=O) groups is 1. The first-order valence-corrected chi connectivity index (χ1v) is 16.6. The maximum Gasteiger partial charge on any atom is 0.271 e. The molecule has 2 heterocycles. The molecule has 4 atom stereocenters. The van der Waals surface area contributed by atoms with Crippen LogP contribution in [-0.2, 0) is 22.6 Å². The van der Waals surface area contributed by atoms with E-state index in [1.807, 2.05) is 84.9 Å². The predicted molar refractivity (Wildman–Crippen MR) is 180 cm³/mol. The second kappa shape index (κ2) is 15.0. The Labute approximate surface area is 272 Å². The van der Waals surface area contributed by atoms with Crippen molar-refractivity contribution in [2.24, 2.45) is 5.92 Å². The minimum absolute atomic E-state index is 0.00545. The van der Waals surface area contributed by atoms with Crippen LogP contribution in [0.3, 0.4) is 0 Å². The number of aliphatic hydroxyl groups is 2. The summed E-state index contributed by atoms with van der Waals surface area (Å²) in [6, 6.07) is 31.5. The summed E-state index contributed by atoms with van der Waals surface area (Å²) in [7, 11) is 0. The van der Waals surface area contributed by atoms with E-state index >= 15 is 0 Å². The maximum absolute atomic E-state index is 13.0. The smallest absolute Gasteiger partial charge is 0.271 e. The molecule has 9 heteroatoms. The number of benzene rings is 4. The van der Waals surface area contributed by atoms with Gasteiger partial charge in [0.05, 0.1) is 42.7 Å². The van der Waals surface area contributed by atoms with E-state index in [0.29, 0.717) is 17.8 Å². The standard InChI is InChI=1S/C37H37N3O5S/c1-24-34(23-46-19-18-41)44-37(45-35(24)27-12-10-25(22-42)11-13-27)28-16-14-26(15-17-28)30-7-3-2-6-29(30)20-39-36(43)33-21-38-31-8-4-5-9-32(31)40-33/h2-17,21,24,34-35,37,41-42H,18-20,22-23H2,1H3,(H,39,43)/t24-,34+,35+,37+/m0/s1. The van der Waals surface area contributed by atoms with Crippen LogP contribution in [0.2, 0.25) is 0 Å². The molecular weight excluding hydrogens is 598 g/mol. The summed E-state index contributed by atoms with van der Waals surface area (Å²) in [5, 5.41) is 21.8. The third kappa shape index (κ3) is 7.30. The molecule has 3 N–H and O–H groups in total. The zero-order valence-electron chi connectivity index (χ0n) is 25.6. The summed E-state index contributed by atoms with van der Waals surface area (Å²) in [4.78, 5) is 21.8. The lowest BCUT2D eigenvalue weighted by molar-refractivity contribution is -0.268. The summed E-state index contributed by atoms with van der Waals surface area (Å²) < 4.78 is 13.1. The van der Waals surface area contributed by atoms with E-state index in [9.17, 15) is 15.0 Å². The monoisotopic (exact) mass is 635 g/mol. The van der Waals surface area contributed by atoms with Crippen LogP contribution in [0, 0.1) is 5.92 Å². The minimum Gasteiger partial charge on any atom is -0.396 e. The molecule has 0 aliphatic carbocycles. The van der Waals surface area contributed by atoms with Crippen LogP contribution < -0.4 is 5.32 Å². The number of fused-ring (bicyclic) bond motifs is 1. The minimum atomic E-state index is -0.565. The lowest BCUT2D eigenvalue weighted by atomic mass is 9.91. The Morgan fingerprint density at radius 2 is 1.59 bits per heavy atom. The van der Waals surface area contributed by atoms with E-state index in [4.69, 9.17) is 9.47 Å². The normalized spacial score (nSPS) is 19.6. The molecule has 8 nitrogen and oxygen atoms in total. The van der Waals surface area contributed by atoms with Gasteiger partial charge in [0.15, 0.2) is 6.29 Å². The van der Waals surface area contributed by atoms with Gasteiger partial charge in [-0.1, -0.05) is 91.9 Å². The van der Waals surface area contributed by atoms with Gasteiger partial charge in [0.1, 0.15) is 5.69 Å². The van der Waals surface area contributed by atoms with Gasteiger partial charge in [-0.05, 0) is 39.9 Å². The molecule has 0 unspecified atom stereocenters. The highest BCUT2D eigenvalue weighted by Gasteiger charge is 2.38. The number of thioether (sulfide) groups is 1. The Balaban J connectivity index is 1.18. The van der Waals surface area contributed by atoms with E-state index < -0.39 is 6.29 Å². The molecule has 46 heavy (non-hydrogen) atoms. The Kier molecular flexibility index (Phi) is 10.4. The van der Waals surface area contributed by atoms with Gasteiger partial charge in [-0.3, -0.25) is 9.78 Å². The molecular formula is C37H37N3O5S. The number of nitrogens with zero attached hydrogens (tertiary/aromatic N) is 2. The molecule has 0 bridgehead atoms. The lowest BCUT2D eigenvalue weighted by Gasteiger charge is -2.41. The number of hydrogen-bond donors (Lipinski definition) is 3. The van der Waals surface area contributed by atoms with Gasteiger partial charge in [-0.2, -0.15) is 11.8 Å². The fourth-order valence-electron chi connectivity index (χ4n) is 5.68. The van der Waals surface area contributed by atoms with Crippen molar-refractivity contribution in [1.82, 2.24) is 15.3 Å². The number of para-hydroxylation sites is 2. The molecule has 1 saturated heterocycles. The van der Waals surface area contributed by atoms with E-state index in [0.717, 1.165) is 44.7 Å². The lowest BCUT2D eigenvalue weighted by Crippen LogP contribution is -2.38. The molecule has 1 aliphatic rings. The summed E-state index contributed by atoms with van der Waals surface area (Å²) in [5.41, 5.74) is 7.50. The van der Waals surface area contributed by atoms with Crippen LogP contribution in [0.1, 0.15) is 52.1 Å². The topological polar surface area (TPSA) is 114 Å². The fourth-order valence-corrected chi connectivity index (χ4v) is 6.59. The number of carbonyl (C=O) groups excluding carboxylic acids is 1. The van der Waals surface area contributed by atoms with Crippen molar-refractivity contribution < 1.29 is 24.5 Å². The van der Waals surface area contributed by atoms with Crippen molar-refractivity contribution in [3.8, 4) is 11.1 Å². The Hall–Kier alpha value is -4.12. The first kappa shape index (κ1) is 31.8. The molecule has 6 rings (SSSR count). The van der Waals surface area contributed by atoms with Crippen molar-refractivity contribution in [2.45, 2.75) is 38.6 Å². The summed E-state index contributed by atoms with van der Waals surface area (Å²) in [6.07, 6.45) is 0.671. The SMILES string of the molecule is C[C@H]1[C@@H](CSCCO)O[C@@H](c2ccc(-c3ccccc3CNC(=O)c3cnc4ccccc4n3)cc2)O[C@H]1c1ccc(CO)cc1. The van der Waals surface area contributed by atoms with Crippen LogP contribution in [0.4, 0.5) is 0 Å². The zero-order valence-corrected chi connectivity index (χ0v) is 26.4. The van der Waals surface area contributed by atoms with Crippen LogP contribution in [0.15, 0.2) is 103 Å². The van der Waals surface area contributed by atoms with Crippen molar-refractivity contribution in [3.63, 3.8) is 0 Å². The molecule has 0 saturated carbocycles. The van der Waals surface area contributed by atoms with Crippen molar-refractivity contribution in [3.05, 3.63) is 131 Å². The fraction of sp³-hybridized carbons (Fsp3) is 0.270. The highest BCUT2D eigenvalue weighted by atomic mass is 32.2. The number of amides is 1. The molecule has 1 aromatic heterocycles. The van der Waals surface area contributed by atoms with E-state index in [1.54, 1.807) is 11.8 Å². The number of aliphatic hydroxyl groups excluding tert-OH is 2. The highest BCUT2D eigenvalue weighted by Crippen LogP contribution is 2.42. The Bertz CT molecular complexity index is 1770. The van der Waals surface area contributed by atoms with Gasteiger partial charge in [0, 0.05) is 29.5 Å². The summed E-state index contributed by atoms with van der Waals surface area (Å²) in [6.45, 7) is 2.59. The van der Waals surface area contributed by atoms with Gasteiger partial charge in [0.2, 0.25) is 0 Å². The molecule has 4 aromatic carbocycles. The third-order valence-electron chi connectivity index (χ3n) is 8.27. The van der Waals surface area contributed by atoms with Gasteiger partial charge < -0.3 is 25.0 Å². The number of aromatic nitrogens is 2.